The van der Waals surface area contributed by atoms with Crippen molar-refractivity contribution in [2.45, 2.75) is 13.8 Å². The molecule has 0 bridgehead atoms. The van der Waals surface area contributed by atoms with Crippen molar-refractivity contribution in [3.63, 3.8) is 0 Å². The Balaban J connectivity index is 2.15. The Hall–Kier alpha value is -2.17. The van der Waals surface area contributed by atoms with Gasteiger partial charge in [-0.3, -0.25) is 4.79 Å². The van der Waals surface area contributed by atoms with Crippen molar-refractivity contribution in [3.05, 3.63) is 69.1 Å². The first-order chi connectivity index (χ1) is 11.0. The third-order valence-electron chi connectivity index (χ3n) is 3.46. The van der Waals surface area contributed by atoms with Crippen LogP contribution in [-0.2, 0) is 0 Å². The van der Waals surface area contributed by atoms with Gasteiger partial charge in [-0.15, -0.1) is 0 Å². The van der Waals surface area contributed by atoms with Crippen molar-refractivity contribution < 1.29 is 4.79 Å². The first kappa shape index (κ1) is 15.7. The van der Waals surface area contributed by atoms with Gasteiger partial charge in [-0.2, -0.15) is 0 Å². The molecule has 0 amide bonds. The molecule has 3 nitrogen and oxygen atoms in total. The molecule has 2 aromatic carbocycles. The zero-order valence-corrected chi connectivity index (χ0v) is 14.3. The molecule has 0 aliphatic rings. The summed E-state index contributed by atoms with van der Waals surface area (Å²) in [6, 6.07) is 13.1. The normalized spacial score (nSPS) is 10.7. The highest BCUT2D eigenvalue weighted by atomic mass is 35.5. The Morgan fingerprint density at radius 1 is 1.13 bits per heavy atom. The average molecular weight is 343 g/mol. The lowest BCUT2D eigenvalue weighted by atomic mass is 10.0. The largest absolute Gasteiger partial charge is 0.375 e. The molecule has 0 aliphatic heterocycles. The van der Waals surface area contributed by atoms with Crippen LogP contribution in [0.2, 0.25) is 5.02 Å². The van der Waals surface area contributed by atoms with Gasteiger partial charge in [-0.1, -0.05) is 52.3 Å². The second kappa shape index (κ2) is 6.14. The van der Waals surface area contributed by atoms with Gasteiger partial charge < -0.3 is 5.73 Å². The summed E-state index contributed by atoms with van der Waals surface area (Å²) in [4.78, 5) is 17.8. The predicted molar refractivity (Wildman–Crippen MR) is 96.3 cm³/mol. The van der Waals surface area contributed by atoms with Crippen LogP contribution in [0.3, 0.4) is 0 Å². The van der Waals surface area contributed by atoms with E-state index in [9.17, 15) is 4.79 Å². The number of ketones is 1. The number of hydrogen-bond acceptors (Lipinski definition) is 4. The number of halogens is 1. The van der Waals surface area contributed by atoms with E-state index < -0.39 is 0 Å². The Labute approximate surface area is 143 Å². The molecule has 3 rings (SSSR count). The maximum atomic E-state index is 12.9. The first-order valence-electron chi connectivity index (χ1n) is 7.10. The summed E-state index contributed by atoms with van der Waals surface area (Å²) >= 11 is 7.35. The number of anilines is 1. The fraction of sp³-hybridized carbons (Fsp3) is 0.111. The molecule has 23 heavy (non-hydrogen) atoms. The lowest BCUT2D eigenvalue weighted by Gasteiger charge is -2.06. The number of nitrogens with zero attached hydrogens (tertiary/aromatic N) is 1. The fourth-order valence-corrected chi connectivity index (χ4v) is 3.60. The zero-order valence-electron chi connectivity index (χ0n) is 12.8. The fourth-order valence-electron chi connectivity index (χ4n) is 2.57. The minimum atomic E-state index is -0.154. The number of aromatic nitrogens is 1. The molecule has 2 N–H and O–H groups in total. The highest BCUT2D eigenvalue weighted by Gasteiger charge is 2.21. The summed E-state index contributed by atoms with van der Waals surface area (Å²) < 4.78 is 0. The molecule has 0 aliphatic carbocycles. The number of aryl methyl sites for hydroxylation is 2. The highest BCUT2D eigenvalue weighted by molar-refractivity contribution is 7.18. The Kier molecular flexibility index (Phi) is 4.20. The summed E-state index contributed by atoms with van der Waals surface area (Å²) in [6.07, 6.45) is 0. The van der Waals surface area contributed by atoms with E-state index in [0.29, 0.717) is 26.3 Å². The number of nitrogens with two attached hydrogens (primary N) is 1. The molecular weight excluding hydrogens is 328 g/mol. The van der Waals surface area contributed by atoms with E-state index >= 15 is 0 Å². The molecule has 0 atom stereocenters. The number of thiazole rings is 1. The van der Waals surface area contributed by atoms with Crippen LogP contribution in [0.25, 0.3) is 11.3 Å². The summed E-state index contributed by atoms with van der Waals surface area (Å²) in [7, 11) is 0. The predicted octanol–water partition coefficient (Wildman–Crippen LogP) is 4.89. The van der Waals surface area contributed by atoms with Crippen LogP contribution in [-0.4, -0.2) is 10.8 Å². The van der Waals surface area contributed by atoms with E-state index in [1.165, 1.54) is 11.3 Å². The number of hydrogen-bond donors (Lipinski definition) is 1. The lowest BCUT2D eigenvalue weighted by molar-refractivity contribution is 0.104. The topological polar surface area (TPSA) is 56.0 Å². The van der Waals surface area contributed by atoms with E-state index in [1.807, 2.05) is 26.0 Å². The van der Waals surface area contributed by atoms with E-state index in [0.717, 1.165) is 16.7 Å². The molecule has 0 saturated heterocycles. The summed E-state index contributed by atoms with van der Waals surface area (Å²) in [5, 5.41) is 0.797. The van der Waals surface area contributed by atoms with Gasteiger partial charge in [0.2, 0.25) is 5.78 Å². The van der Waals surface area contributed by atoms with Crippen LogP contribution in [0, 0.1) is 13.8 Å². The van der Waals surface area contributed by atoms with Crippen molar-refractivity contribution >= 4 is 33.9 Å². The van der Waals surface area contributed by atoms with Gasteiger partial charge >= 0.3 is 0 Å². The van der Waals surface area contributed by atoms with Gasteiger partial charge in [0.15, 0.2) is 5.13 Å². The number of benzene rings is 2. The first-order valence-corrected chi connectivity index (χ1v) is 8.29. The van der Waals surface area contributed by atoms with Crippen LogP contribution in [0.1, 0.15) is 26.4 Å². The maximum Gasteiger partial charge on any atom is 0.206 e. The van der Waals surface area contributed by atoms with Crippen LogP contribution >= 0.6 is 22.9 Å². The standard InChI is InChI=1S/C18H15ClN2OS/c1-10-7-11(2)9-12(8-10)15-17(23-18(20)21-15)16(22)13-5-3-4-6-14(13)19/h3-9H,1-2H3,(H2,20,21). The number of nitrogen functional groups attached to an aromatic ring is 1. The molecular formula is C18H15ClN2OS. The Morgan fingerprint density at radius 2 is 1.78 bits per heavy atom. The molecule has 3 aromatic rings. The SMILES string of the molecule is Cc1cc(C)cc(-c2nc(N)sc2C(=O)c2ccccc2Cl)c1. The van der Waals surface area contributed by atoms with Crippen LogP contribution in [0.4, 0.5) is 5.13 Å². The summed E-state index contributed by atoms with van der Waals surface area (Å²) in [5.41, 5.74) is 10.1. The van der Waals surface area contributed by atoms with Gasteiger partial charge in [0.1, 0.15) is 4.88 Å². The van der Waals surface area contributed by atoms with Crippen molar-refractivity contribution in [2.75, 3.05) is 5.73 Å². The number of carbonyl (C=O) groups is 1. The Bertz CT molecular complexity index is 882. The molecule has 0 unspecified atom stereocenters. The van der Waals surface area contributed by atoms with Gasteiger partial charge in [0.05, 0.1) is 10.7 Å². The van der Waals surface area contributed by atoms with Gasteiger partial charge in [0.25, 0.3) is 0 Å². The molecule has 0 radical (unpaired) electrons. The molecule has 0 fully saturated rings. The van der Waals surface area contributed by atoms with Gasteiger partial charge in [0, 0.05) is 11.1 Å². The van der Waals surface area contributed by atoms with Crippen LogP contribution in [0.5, 0.6) is 0 Å². The van der Waals surface area contributed by atoms with Crippen molar-refractivity contribution in [2.24, 2.45) is 0 Å². The average Bonchev–Trinajstić information content (AvgIpc) is 2.88. The molecule has 0 spiro atoms. The summed E-state index contributed by atoms with van der Waals surface area (Å²) in [5.74, 6) is -0.154. The third kappa shape index (κ3) is 3.14. The zero-order chi connectivity index (χ0) is 16.6. The molecule has 1 aromatic heterocycles. The van der Waals surface area contributed by atoms with E-state index in [4.69, 9.17) is 17.3 Å². The highest BCUT2D eigenvalue weighted by Crippen LogP contribution is 2.33. The van der Waals surface area contributed by atoms with Crippen molar-refractivity contribution in [1.82, 2.24) is 4.98 Å². The molecule has 5 heteroatoms. The number of rotatable bonds is 3. The van der Waals surface area contributed by atoms with E-state index in [-0.39, 0.29) is 5.78 Å². The van der Waals surface area contributed by atoms with Gasteiger partial charge in [-0.25, -0.2) is 4.98 Å². The van der Waals surface area contributed by atoms with Gasteiger partial charge in [-0.05, 0) is 38.1 Å². The maximum absolute atomic E-state index is 12.9. The third-order valence-corrected chi connectivity index (χ3v) is 4.68. The monoisotopic (exact) mass is 342 g/mol. The Morgan fingerprint density at radius 3 is 2.43 bits per heavy atom. The minimum absolute atomic E-state index is 0.154. The quantitative estimate of drug-likeness (QED) is 0.689. The lowest BCUT2D eigenvalue weighted by Crippen LogP contribution is -2.02. The van der Waals surface area contributed by atoms with Crippen molar-refractivity contribution in [1.29, 1.82) is 0 Å². The molecule has 116 valence electrons. The summed E-state index contributed by atoms with van der Waals surface area (Å²) in [6.45, 7) is 4.03. The number of carbonyl (C=O) groups excluding carboxylic acids is 1. The van der Waals surface area contributed by atoms with Crippen LogP contribution < -0.4 is 5.73 Å². The second-order valence-corrected chi connectivity index (χ2v) is 6.85. The second-order valence-electron chi connectivity index (χ2n) is 5.42. The van der Waals surface area contributed by atoms with Crippen LogP contribution in [0.15, 0.2) is 42.5 Å². The molecule has 0 saturated carbocycles. The minimum Gasteiger partial charge on any atom is -0.375 e. The van der Waals surface area contributed by atoms with E-state index in [2.05, 4.69) is 11.1 Å². The van der Waals surface area contributed by atoms with E-state index in [1.54, 1.807) is 24.3 Å². The molecule has 1 heterocycles. The smallest absolute Gasteiger partial charge is 0.206 e. The van der Waals surface area contributed by atoms with Crippen molar-refractivity contribution in [3.8, 4) is 11.3 Å².